The Morgan fingerprint density at radius 2 is 1.92 bits per heavy atom. The van der Waals surface area contributed by atoms with Crippen LogP contribution in [-0.2, 0) is 16.2 Å². The Morgan fingerprint density at radius 3 is 2.55 bits per heavy atom. The highest BCUT2D eigenvalue weighted by Crippen LogP contribution is 2.51. The van der Waals surface area contributed by atoms with Gasteiger partial charge in [0.05, 0.1) is 32.3 Å². The van der Waals surface area contributed by atoms with Gasteiger partial charge in [-0.15, -0.1) is 0 Å². The first kappa shape index (κ1) is 28.1. The Kier molecular flexibility index (Phi) is 9.46. The fourth-order valence-electron chi connectivity index (χ4n) is 6.00. The molecule has 1 saturated carbocycles. The first-order valence-electron chi connectivity index (χ1n) is 13.7. The molecule has 2 amide bonds. The number of hydrogen-bond donors (Lipinski definition) is 4. The number of carbonyl (C=O) groups is 2. The molecule has 1 heterocycles. The van der Waals surface area contributed by atoms with Gasteiger partial charge in [-0.2, -0.15) is 0 Å². The number of carbonyl (C=O) groups excluding carboxylic acids is 2. The number of aliphatic hydroxyl groups excluding tert-OH is 3. The van der Waals surface area contributed by atoms with Crippen LogP contribution in [0.4, 0.5) is 0 Å². The zero-order valence-corrected chi connectivity index (χ0v) is 22.3. The third-order valence-electron chi connectivity index (χ3n) is 7.78. The quantitative estimate of drug-likeness (QED) is 0.286. The molecule has 0 radical (unpaired) electrons. The first-order chi connectivity index (χ1) is 18.4. The number of nitrogens with one attached hydrogen (secondary N) is 1. The highest BCUT2D eigenvalue weighted by Gasteiger charge is 2.52. The van der Waals surface area contributed by atoms with Crippen molar-refractivity contribution in [3.63, 3.8) is 0 Å². The lowest BCUT2D eigenvalue weighted by Crippen LogP contribution is -2.58. The molecule has 4 N–H and O–H groups in total. The molecule has 0 bridgehead atoms. The maximum atomic E-state index is 13.6. The molecule has 2 aliphatic carbocycles. The molecule has 0 spiro atoms. The van der Waals surface area contributed by atoms with Gasteiger partial charge in [-0.3, -0.25) is 9.59 Å². The number of ether oxygens (including phenoxy) is 2. The van der Waals surface area contributed by atoms with Crippen molar-refractivity contribution in [2.45, 2.75) is 88.7 Å². The zero-order chi connectivity index (χ0) is 27.2. The molecule has 3 aliphatic rings. The maximum Gasteiger partial charge on any atom is 0.247 e. The Morgan fingerprint density at radius 1 is 1.18 bits per heavy atom. The molecule has 0 saturated heterocycles. The third kappa shape index (κ3) is 5.60. The van der Waals surface area contributed by atoms with Gasteiger partial charge in [0.15, 0.2) is 11.5 Å². The number of fused-ring (bicyclic) bond motifs is 3. The lowest BCUT2D eigenvalue weighted by molar-refractivity contribution is -0.135. The summed E-state index contributed by atoms with van der Waals surface area (Å²) in [6.45, 7) is 1.58. The topological polar surface area (TPSA) is 129 Å². The molecule has 9 heteroatoms. The van der Waals surface area contributed by atoms with Crippen LogP contribution < -0.4 is 14.8 Å². The molecule has 1 aliphatic heterocycles. The summed E-state index contributed by atoms with van der Waals surface area (Å²) in [6.07, 6.45) is 9.71. The van der Waals surface area contributed by atoms with Gasteiger partial charge in [0, 0.05) is 23.7 Å². The zero-order valence-electron chi connectivity index (χ0n) is 22.3. The molecular weight excluding hydrogens is 488 g/mol. The second kappa shape index (κ2) is 12.8. The minimum absolute atomic E-state index is 0.0685. The number of benzene rings is 1. The summed E-state index contributed by atoms with van der Waals surface area (Å²) in [5, 5.41) is 33.7. The first-order valence-corrected chi connectivity index (χ1v) is 13.7. The maximum absolute atomic E-state index is 13.6. The van der Waals surface area contributed by atoms with Crippen molar-refractivity contribution < 1.29 is 34.4 Å². The second-order valence-corrected chi connectivity index (χ2v) is 10.2. The monoisotopic (exact) mass is 528 g/mol. The van der Waals surface area contributed by atoms with E-state index in [9.17, 15) is 24.9 Å². The number of nitrogens with zero attached hydrogens (tertiary/aromatic N) is 1. The van der Waals surface area contributed by atoms with Crippen molar-refractivity contribution in [2.75, 3.05) is 20.3 Å². The highest BCUT2D eigenvalue weighted by atomic mass is 16.5. The van der Waals surface area contributed by atoms with Crippen LogP contribution in [0.5, 0.6) is 11.5 Å². The summed E-state index contributed by atoms with van der Waals surface area (Å²) in [7, 11) is 1.50. The normalized spacial score (nSPS) is 25.1. The second-order valence-electron chi connectivity index (χ2n) is 10.2. The molecule has 38 heavy (non-hydrogen) atoms. The van der Waals surface area contributed by atoms with Gasteiger partial charge >= 0.3 is 0 Å². The van der Waals surface area contributed by atoms with Crippen molar-refractivity contribution >= 4 is 11.8 Å². The minimum atomic E-state index is -1.11. The van der Waals surface area contributed by atoms with E-state index in [0.717, 1.165) is 38.5 Å². The predicted octanol–water partition coefficient (Wildman–Crippen LogP) is 2.33. The van der Waals surface area contributed by atoms with E-state index >= 15 is 0 Å². The summed E-state index contributed by atoms with van der Waals surface area (Å²) in [5.74, 6) is -0.398. The minimum Gasteiger partial charge on any atom is -0.493 e. The lowest BCUT2D eigenvalue weighted by atomic mass is 9.76. The van der Waals surface area contributed by atoms with Gasteiger partial charge in [0.1, 0.15) is 12.2 Å². The lowest BCUT2D eigenvalue weighted by Gasteiger charge is -2.43. The van der Waals surface area contributed by atoms with E-state index in [2.05, 4.69) is 5.32 Å². The Bertz CT molecular complexity index is 1060. The van der Waals surface area contributed by atoms with Crippen LogP contribution in [-0.4, -0.2) is 76.6 Å². The molecule has 1 aromatic carbocycles. The molecule has 9 nitrogen and oxygen atoms in total. The summed E-state index contributed by atoms with van der Waals surface area (Å²) in [4.78, 5) is 28.8. The van der Waals surface area contributed by atoms with Crippen LogP contribution in [0.3, 0.4) is 0 Å². The molecule has 0 aromatic heterocycles. The summed E-state index contributed by atoms with van der Waals surface area (Å²) < 4.78 is 11.8. The van der Waals surface area contributed by atoms with E-state index in [1.54, 1.807) is 29.2 Å². The van der Waals surface area contributed by atoms with Gasteiger partial charge in [-0.25, -0.2) is 0 Å². The van der Waals surface area contributed by atoms with Crippen molar-refractivity contribution in [3.8, 4) is 11.5 Å². The van der Waals surface area contributed by atoms with Crippen molar-refractivity contribution in [3.05, 3.63) is 47.1 Å². The number of rotatable bonds is 9. The molecule has 4 rings (SSSR count). The molecule has 4 unspecified atom stereocenters. The van der Waals surface area contributed by atoms with Crippen LogP contribution in [0, 0.1) is 0 Å². The SMILES string of the molecule is CCC=CC(=O)N(C1CCCCCC1)C1C=C(C(=O)NCCO)C2c3cc(CO)cc(OC)c3OC2C1O. The van der Waals surface area contributed by atoms with Crippen LogP contribution >= 0.6 is 0 Å². The van der Waals surface area contributed by atoms with E-state index < -0.39 is 30.1 Å². The van der Waals surface area contributed by atoms with E-state index in [1.165, 1.54) is 7.11 Å². The summed E-state index contributed by atoms with van der Waals surface area (Å²) in [5.41, 5.74) is 1.59. The third-order valence-corrected chi connectivity index (χ3v) is 7.78. The van der Waals surface area contributed by atoms with Crippen LogP contribution in [0.1, 0.15) is 68.9 Å². The number of methoxy groups -OCH3 is 1. The predicted molar refractivity (Wildman–Crippen MR) is 142 cm³/mol. The van der Waals surface area contributed by atoms with E-state index in [4.69, 9.17) is 9.47 Å². The summed E-state index contributed by atoms with van der Waals surface area (Å²) >= 11 is 0. The number of hydrogen-bond acceptors (Lipinski definition) is 7. The van der Waals surface area contributed by atoms with E-state index in [1.807, 2.05) is 13.0 Å². The fraction of sp³-hybridized carbons (Fsp3) is 0.586. The van der Waals surface area contributed by atoms with Crippen molar-refractivity contribution in [1.82, 2.24) is 10.2 Å². The number of allylic oxidation sites excluding steroid dienone is 1. The highest BCUT2D eigenvalue weighted by molar-refractivity contribution is 5.96. The van der Waals surface area contributed by atoms with Gasteiger partial charge < -0.3 is 35.0 Å². The van der Waals surface area contributed by atoms with Crippen LogP contribution in [0.2, 0.25) is 0 Å². The van der Waals surface area contributed by atoms with Crippen LogP contribution in [0.15, 0.2) is 35.9 Å². The average Bonchev–Trinajstić information content (AvgIpc) is 3.11. The van der Waals surface area contributed by atoms with Gasteiger partial charge in [-0.1, -0.05) is 38.7 Å². The Labute approximate surface area is 224 Å². The average molecular weight is 529 g/mol. The van der Waals surface area contributed by atoms with E-state index in [0.29, 0.717) is 34.6 Å². The smallest absolute Gasteiger partial charge is 0.247 e. The molecule has 1 fully saturated rings. The fourth-order valence-corrected chi connectivity index (χ4v) is 6.00. The Hall–Kier alpha value is -2.88. The van der Waals surface area contributed by atoms with Gasteiger partial charge in [-0.05, 0) is 49.1 Å². The largest absolute Gasteiger partial charge is 0.493 e. The van der Waals surface area contributed by atoms with Gasteiger partial charge in [0.25, 0.3) is 0 Å². The van der Waals surface area contributed by atoms with Crippen molar-refractivity contribution in [1.29, 1.82) is 0 Å². The standard InChI is InChI=1S/C29H40N2O7/c1-3-4-11-24(34)31(19-9-7-5-6-8-10-19)22-16-21(29(36)30-12-13-32)25-20-14-18(17-33)15-23(37-2)27(20)38-28(25)26(22)35/h4,11,14-16,19,22,25-26,28,32-33,35H,3,5-10,12-13,17H2,1-2H3,(H,30,36). The van der Waals surface area contributed by atoms with Crippen LogP contribution in [0.25, 0.3) is 0 Å². The summed E-state index contributed by atoms with van der Waals surface area (Å²) in [6, 6.07) is 2.59. The number of aliphatic hydroxyl groups is 3. The van der Waals surface area contributed by atoms with E-state index in [-0.39, 0.29) is 31.7 Å². The van der Waals surface area contributed by atoms with Crippen molar-refractivity contribution in [2.24, 2.45) is 0 Å². The molecular formula is C29H40N2O7. The van der Waals surface area contributed by atoms with Gasteiger partial charge in [0.2, 0.25) is 11.8 Å². The Balaban J connectivity index is 1.82. The number of amides is 2. The molecule has 1 aromatic rings. The molecule has 208 valence electrons. The molecule has 4 atom stereocenters.